The summed E-state index contributed by atoms with van der Waals surface area (Å²) in [7, 11) is 0. The smallest absolute Gasteiger partial charge is 0.148 e. The molecular formula is C17H16FN3. The SMILES string of the molecule is Cc1nc2ccccc2nc1NCCc1ccccc1F. The van der Waals surface area contributed by atoms with Crippen molar-refractivity contribution < 1.29 is 4.39 Å². The molecular weight excluding hydrogens is 265 g/mol. The van der Waals surface area contributed by atoms with E-state index in [1.54, 1.807) is 12.1 Å². The molecule has 0 aliphatic carbocycles. The number of halogens is 1. The first kappa shape index (κ1) is 13.5. The van der Waals surface area contributed by atoms with E-state index in [9.17, 15) is 4.39 Å². The normalized spacial score (nSPS) is 10.8. The lowest BCUT2D eigenvalue weighted by Crippen LogP contribution is -2.09. The fourth-order valence-electron chi connectivity index (χ4n) is 2.27. The Bertz CT molecular complexity index is 771. The minimum atomic E-state index is -0.166. The fraction of sp³-hybridized carbons (Fsp3) is 0.176. The van der Waals surface area contributed by atoms with E-state index < -0.39 is 0 Å². The van der Waals surface area contributed by atoms with Crippen LogP contribution in [0.25, 0.3) is 11.0 Å². The molecule has 3 aromatic rings. The standard InChI is InChI=1S/C17H16FN3/c1-12-17(21-16-9-5-4-8-15(16)20-12)19-11-10-13-6-2-3-7-14(13)18/h2-9H,10-11H2,1H3,(H,19,21). The van der Waals surface area contributed by atoms with Gasteiger partial charge in [-0.3, -0.25) is 0 Å². The van der Waals surface area contributed by atoms with Crippen molar-refractivity contribution in [2.24, 2.45) is 0 Å². The van der Waals surface area contributed by atoms with E-state index in [-0.39, 0.29) is 5.82 Å². The predicted molar refractivity (Wildman–Crippen MR) is 82.9 cm³/mol. The summed E-state index contributed by atoms with van der Waals surface area (Å²) < 4.78 is 13.5. The van der Waals surface area contributed by atoms with Gasteiger partial charge in [-0.05, 0) is 37.1 Å². The second-order valence-electron chi connectivity index (χ2n) is 4.91. The molecule has 0 spiro atoms. The summed E-state index contributed by atoms with van der Waals surface area (Å²) in [6, 6.07) is 14.6. The highest BCUT2D eigenvalue weighted by atomic mass is 19.1. The van der Waals surface area contributed by atoms with E-state index in [4.69, 9.17) is 0 Å². The average Bonchev–Trinajstić information content (AvgIpc) is 2.49. The first-order valence-electron chi connectivity index (χ1n) is 6.95. The Kier molecular flexibility index (Phi) is 3.77. The summed E-state index contributed by atoms with van der Waals surface area (Å²) >= 11 is 0. The van der Waals surface area contributed by atoms with Crippen molar-refractivity contribution in [3.63, 3.8) is 0 Å². The van der Waals surface area contributed by atoms with Crippen molar-refractivity contribution in [1.29, 1.82) is 0 Å². The molecule has 4 heteroatoms. The van der Waals surface area contributed by atoms with Crippen molar-refractivity contribution in [1.82, 2.24) is 9.97 Å². The third-order valence-corrected chi connectivity index (χ3v) is 3.39. The summed E-state index contributed by atoms with van der Waals surface area (Å²) in [5.41, 5.74) is 3.30. The van der Waals surface area contributed by atoms with Crippen molar-refractivity contribution in [2.75, 3.05) is 11.9 Å². The maximum Gasteiger partial charge on any atom is 0.148 e. The number of aryl methyl sites for hydroxylation is 1. The topological polar surface area (TPSA) is 37.8 Å². The van der Waals surface area contributed by atoms with Gasteiger partial charge in [0.2, 0.25) is 0 Å². The first-order valence-corrected chi connectivity index (χ1v) is 6.95. The van der Waals surface area contributed by atoms with Crippen molar-refractivity contribution in [3.8, 4) is 0 Å². The number of nitrogens with one attached hydrogen (secondary N) is 1. The molecule has 0 aliphatic heterocycles. The van der Waals surface area contributed by atoms with E-state index in [1.807, 2.05) is 37.3 Å². The van der Waals surface area contributed by atoms with Crippen molar-refractivity contribution >= 4 is 16.9 Å². The lowest BCUT2D eigenvalue weighted by molar-refractivity contribution is 0.610. The molecule has 1 heterocycles. The summed E-state index contributed by atoms with van der Waals surface area (Å²) in [5.74, 6) is 0.589. The molecule has 0 aliphatic rings. The van der Waals surface area contributed by atoms with Gasteiger partial charge in [0, 0.05) is 6.54 Å². The maximum atomic E-state index is 13.5. The summed E-state index contributed by atoms with van der Waals surface area (Å²) in [6.45, 7) is 2.54. The summed E-state index contributed by atoms with van der Waals surface area (Å²) in [6.07, 6.45) is 0.612. The van der Waals surface area contributed by atoms with Gasteiger partial charge in [0.1, 0.15) is 11.6 Å². The Morgan fingerprint density at radius 1 is 0.952 bits per heavy atom. The maximum absolute atomic E-state index is 13.5. The quantitative estimate of drug-likeness (QED) is 0.791. The van der Waals surface area contributed by atoms with Gasteiger partial charge >= 0.3 is 0 Å². The molecule has 0 amide bonds. The van der Waals surface area contributed by atoms with Gasteiger partial charge < -0.3 is 5.32 Å². The number of benzene rings is 2. The Hall–Kier alpha value is -2.49. The van der Waals surface area contributed by atoms with Crippen LogP contribution in [-0.2, 0) is 6.42 Å². The Morgan fingerprint density at radius 3 is 2.38 bits per heavy atom. The van der Waals surface area contributed by atoms with Crippen LogP contribution in [0.2, 0.25) is 0 Å². The Balaban J connectivity index is 1.73. The molecule has 3 rings (SSSR count). The van der Waals surface area contributed by atoms with Crippen LogP contribution < -0.4 is 5.32 Å². The zero-order chi connectivity index (χ0) is 14.7. The molecule has 0 saturated heterocycles. The van der Waals surface area contributed by atoms with Crippen LogP contribution in [0.15, 0.2) is 48.5 Å². The lowest BCUT2D eigenvalue weighted by atomic mass is 10.1. The summed E-state index contributed by atoms with van der Waals surface area (Å²) in [5, 5.41) is 3.24. The molecule has 2 aromatic carbocycles. The van der Waals surface area contributed by atoms with E-state index in [0.717, 1.165) is 22.5 Å². The number of hydrogen-bond acceptors (Lipinski definition) is 3. The summed E-state index contributed by atoms with van der Waals surface area (Å²) in [4.78, 5) is 9.08. The number of fused-ring (bicyclic) bond motifs is 1. The molecule has 0 atom stereocenters. The highest BCUT2D eigenvalue weighted by Gasteiger charge is 2.05. The molecule has 0 fully saturated rings. The number of aromatic nitrogens is 2. The minimum Gasteiger partial charge on any atom is -0.368 e. The molecule has 0 unspecified atom stereocenters. The minimum absolute atomic E-state index is 0.166. The van der Waals surface area contributed by atoms with Crippen LogP contribution in [-0.4, -0.2) is 16.5 Å². The highest BCUT2D eigenvalue weighted by Crippen LogP contribution is 2.16. The molecule has 21 heavy (non-hydrogen) atoms. The lowest BCUT2D eigenvalue weighted by Gasteiger charge is -2.09. The van der Waals surface area contributed by atoms with Crippen LogP contribution in [0.5, 0.6) is 0 Å². The van der Waals surface area contributed by atoms with Gasteiger partial charge in [-0.2, -0.15) is 0 Å². The highest BCUT2D eigenvalue weighted by molar-refractivity contribution is 5.76. The zero-order valence-corrected chi connectivity index (χ0v) is 11.8. The number of rotatable bonds is 4. The van der Waals surface area contributed by atoms with E-state index in [2.05, 4.69) is 15.3 Å². The number of nitrogens with zero attached hydrogens (tertiary/aromatic N) is 2. The van der Waals surface area contributed by atoms with Crippen LogP contribution in [0, 0.1) is 12.7 Å². The molecule has 0 bridgehead atoms. The van der Waals surface area contributed by atoms with Crippen molar-refractivity contribution in [3.05, 3.63) is 65.6 Å². The monoisotopic (exact) mass is 281 g/mol. The second kappa shape index (κ2) is 5.87. The molecule has 0 radical (unpaired) electrons. The number of para-hydroxylation sites is 2. The first-order chi connectivity index (χ1) is 10.2. The third-order valence-electron chi connectivity index (χ3n) is 3.39. The van der Waals surface area contributed by atoms with Gasteiger partial charge in [0.25, 0.3) is 0 Å². The van der Waals surface area contributed by atoms with Gasteiger partial charge in [-0.1, -0.05) is 30.3 Å². The zero-order valence-electron chi connectivity index (χ0n) is 11.8. The molecule has 3 nitrogen and oxygen atoms in total. The molecule has 1 aromatic heterocycles. The van der Waals surface area contributed by atoms with Crippen LogP contribution in [0.3, 0.4) is 0 Å². The third kappa shape index (κ3) is 2.99. The van der Waals surface area contributed by atoms with E-state index >= 15 is 0 Å². The van der Waals surface area contributed by atoms with Gasteiger partial charge in [0.15, 0.2) is 0 Å². The van der Waals surface area contributed by atoms with Crippen LogP contribution >= 0.6 is 0 Å². The van der Waals surface area contributed by atoms with E-state index in [0.29, 0.717) is 18.5 Å². The van der Waals surface area contributed by atoms with Gasteiger partial charge in [-0.25, -0.2) is 14.4 Å². The van der Waals surface area contributed by atoms with Gasteiger partial charge in [-0.15, -0.1) is 0 Å². The predicted octanol–water partition coefficient (Wildman–Crippen LogP) is 3.73. The average molecular weight is 281 g/mol. The van der Waals surface area contributed by atoms with Crippen molar-refractivity contribution in [2.45, 2.75) is 13.3 Å². The van der Waals surface area contributed by atoms with Crippen LogP contribution in [0.4, 0.5) is 10.2 Å². The molecule has 1 N–H and O–H groups in total. The molecule has 0 saturated carbocycles. The number of anilines is 1. The number of hydrogen-bond donors (Lipinski definition) is 1. The largest absolute Gasteiger partial charge is 0.368 e. The van der Waals surface area contributed by atoms with E-state index in [1.165, 1.54) is 6.07 Å². The van der Waals surface area contributed by atoms with Crippen LogP contribution in [0.1, 0.15) is 11.3 Å². The Morgan fingerprint density at radius 2 is 1.62 bits per heavy atom. The molecule has 106 valence electrons. The Labute approximate surface area is 122 Å². The fourth-order valence-corrected chi connectivity index (χ4v) is 2.27. The second-order valence-corrected chi connectivity index (χ2v) is 4.91. The van der Waals surface area contributed by atoms with Gasteiger partial charge in [0.05, 0.1) is 16.7 Å².